The molecule has 3 heterocycles. The van der Waals surface area contributed by atoms with Crippen LogP contribution >= 0.6 is 0 Å². The molecule has 0 radical (unpaired) electrons. The smallest absolute Gasteiger partial charge is 0.349 e. The van der Waals surface area contributed by atoms with E-state index >= 15 is 0 Å². The number of hydrogen-bond acceptors (Lipinski definition) is 8. The normalized spacial score (nSPS) is 14.5. The van der Waals surface area contributed by atoms with Gasteiger partial charge in [0.15, 0.2) is 0 Å². The molecule has 1 fully saturated rings. The summed E-state index contributed by atoms with van der Waals surface area (Å²) in [6.07, 6.45) is 0. The van der Waals surface area contributed by atoms with Crippen LogP contribution in [-0.4, -0.2) is 59.1 Å². The highest BCUT2D eigenvalue weighted by molar-refractivity contribution is 5.96. The second kappa shape index (κ2) is 8.87. The molecule has 1 saturated heterocycles. The molecule has 1 aliphatic heterocycles. The maximum absolute atomic E-state index is 12.9. The summed E-state index contributed by atoms with van der Waals surface area (Å²) in [5.74, 6) is 1.48. The van der Waals surface area contributed by atoms with Gasteiger partial charge in [-0.2, -0.15) is 4.98 Å². The van der Waals surface area contributed by atoms with E-state index < -0.39 is 5.63 Å². The number of carbonyl (C=O) groups is 1. The predicted octanol–water partition coefficient (Wildman–Crippen LogP) is 2.81. The van der Waals surface area contributed by atoms with Gasteiger partial charge in [0.2, 0.25) is 11.7 Å². The second-order valence-corrected chi connectivity index (χ2v) is 7.79. The van der Waals surface area contributed by atoms with Crippen LogP contribution in [0, 0.1) is 0 Å². The van der Waals surface area contributed by atoms with Gasteiger partial charge in [0.25, 0.3) is 5.91 Å². The van der Waals surface area contributed by atoms with Crippen molar-refractivity contribution < 1.29 is 18.5 Å². The Labute approximate surface area is 189 Å². The number of para-hydroxylation sites is 1. The predicted molar refractivity (Wildman–Crippen MR) is 120 cm³/mol. The van der Waals surface area contributed by atoms with Crippen molar-refractivity contribution in [2.24, 2.45) is 0 Å². The average Bonchev–Trinajstić information content (AvgIpc) is 3.32. The van der Waals surface area contributed by atoms with E-state index in [2.05, 4.69) is 15.0 Å². The van der Waals surface area contributed by atoms with Crippen molar-refractivity contribution in [3.63, 3.8) is 0 Å². The highest BCUT2D eigenvalue weighted by Crippen LogP contribution is 2.20. The topological polar surface area (TPSA) is 102 Å². The van der Waals surface area contributed by atoms with Crippen LogP contribution in [0.25, 0.3) is 22.4 Å². The number of fused-ring (bicyclic) bond motifs is 1. The van der Waals surface area contributed by atoms with E-state index in [9.17, 15) is 9.59 Å². The van der Waals surface area contributed by atoms with Gasteiger partial charge < -0.3 is 18.6 Å². The molecule has 0 N–H and O–H groups in total. The minimum Gasteiger partial charge on any atom is -0.497 e. The Kier molecular flexibility index (Phi) is 5.62. The summed E-state index contributed by atoms with van der Waals surface area (Å²) in [6.45, 7) is 2.73. The van der Waals surface area contributed by atoms with Crippen LogP contribution in [0.2, 0.25) is 0 Å². The Morgan fingerprint density at radius 2 is 1.82 bits per heavy atom. The lowest BCUT2D eigenvalue weighted by molar-refractivity contribution is 0.0611. The average molecular weight is 446 g/mol. The molecule has 2 aromatic carbocycles. The number of rotatable bonds is 5. The van der Waals surface area contributed by atoms with Gasteiger partial charge in [-0.15, -0.1) is 0 Å². The van der Waals surface area contributed by atoms with Gasteiger partial charge >= 0.3 is 5.63 Å². The van der Waals surface area contributed by atoms with E-state index in [0.717, 1.165) is 16.7 Å². The van der Waals surface area contributed by atoms with Crippen LogP contribution in [-0.2, 0) is 6.54 Å². The Hall–Kier alpha value is -3.98. The molecule has 2 aromatic heterocycles. The number of piperazine rings is 1. The van der Waals surface area contributed by atoms with Gasteiger partial charge in [-0.3, -0.25) is 9.69 Å². The number of aromatic nitrogens is 2. The van der Waals surface area contributed by atoms with Crippen LogP contribution in [0.3, 0.4) is 0 Å². The summed E-state index contributed by atoms with van der Waals surface area (Å²) in [7, 11) is 1.62. The summed E-state index contributed by atoms with van der Waals surface area (Å²) < 4.78 is 15.9. The summed E-state index contributed by atoms with van der Waals surface area (Å²) in [6, 6.07) is 16.2. The number of methoxy groups -OCH3 is 1. The number of ether oxygens (including phenoxy) is 1. The van der Waals surface area contributed by atoms with Crippen molar-refractivity contribution in [1.82, 2.24) is 19.9 Å². The van der Waals surface area contributed by atoms with E-state index in [1.165, 1.54) is 0 Å². The SMILES string of the molecule is COc1ccc(-c2noc(CN3CCN(C(=O)c4cc5ccccc5oc4=O)CC3)n2)cc1. The fraction of sp³-hybridized carbons (Fsp3) is 0.250. The Bertz CT molecular complexity index is 1340. The molecule has 4 aromatic rings. The highest BCUT2D eigenvalue weighted by Gasteiger charge is 2.26. The van der Waals surface area contributed by atoms with Crippen molar-refractivity contribution in [3.8, 4) is 17.1 Å². The maximum Gasteiger partial charge on any atom is 0.349 e. The van der Waals surface area contributed by atoms with Gasteiger partial charge in [0.05, 0.1) is 13.7 Å². The largest absolute Gasteiger partial charge is 0.497 e. The Morgan fingerprint density at radius 1 is 1.06 bits per heavy atom. The van der Waals surface area contributed by atoms with Crippen LogP contribution in [0.1, 0.15) is 16.2 Å². The molecule has 1 amide bonds. The van der Waals surface area contributed by atoms with Crippen molar-refractivity contribution in [3.05, 3.63) is 76.5 Å². The summed E-state index contributed by atoms with van der Waals surface area (Å²) in [5.41, 5.74) is 0.758. The highest BCUT2D eigenvalue weighted by atomic mass is 16.5. The molecule has 0 atom stereocenters. The van der Waals surface area contributed by atoms with Gasteiger partial charge in [-0.1, -0.05) is 23.4 Å². The molecule has 33 heavy (non-hydrogen) atoms. The summed E-state index contributed by atoms with van der Waals surface area (Å²) >= 11 is 0. The molecule has 9 nitrogen and oxygen atoms in total. The first-order valence-corrected chi connectivity index (χ1v) is 10.6. The zero-order valence-corrected chi connectivity index (χ0v) is 18.1. The van der Waals surface area contributed by atoms with E-state index in [-0.39, 0.29) is 11.5 Å². The molecule has 168 valence electrons. The molecular weight excluding hydrogens is 424 g/mol. The fourth-order valence-corrected chi connectivity index (χ4v) is 3.86. The van der Waals surface area contributed by atoms with Crippen molar-refractivity contribution in [2.45, 2.75) is 6.54 Å². The van der Waals surface area contributed by atoms with Gasteiger partial charge in [0, 0.05) is 37.1 Å². The molecule has 0 bridgehead atoms. The summed E-state index contributed by atoms with van der Waals surface area (Å²) in [5, 5.41) is 4.79. The lowest BCUT2D eigenvalue weighted by Gasteiger charge is -2.33. The molecule has 0 unspecified atom stereocenters. The maximum atomic E-state index is 12.9. The Balaban J connectivity index is 1.21. The third kappa shape index (κ3) is 4.35. The number of nitrogens with zero attached hydrogens (tertiary/aromatic N) is 4. The third-order valence-electron chi connectivity index (χ3n) is 5.71. The Morgan fingerprint density at radius 3 is 2.58 bits per heavy atom. The minimum atomic E-state index is -0.613. The lowest BCUT2D eigenvalue weighted by atomic mass is 10.1. The zero-order chi connectivity index (χ0) is 22.8. The van der Waals surface area contributed by atoms with Gasteiger partial charge in [0.1, 0.15) is 16.9 Å². The molecular formula is C24H22N4O5. The van der Waals surface area contributed by atoms with Crippen LogP contribution in [0.15, 0.2) is 68.3 Å². The number of amides is 1. The van der Waals surface area contributed by atoms with E-state index in [4.69, 9.17) is 13.7 Å². The first kappa shape index (κ1) is 20.9. The quantitative estimate of drug-likeness (QED) is 0.431. The number of hydrogen-bond donors (Lipinski definition) is 0. The first-order valence-electron chi connectivity index (χ1n) is 10.6. The molecule has 9 heteroatoms. The molecule has 0 saturated carbocycles. The van der Waals surface area contributed by atoms with Crippen LogP contribution in [0.4, 0.5) is 0 Å². The minimum absolute atomic E-state index is 0.0585. The molecule has 0 spiro atoms. The lowest BCUT2D eigenvalue weighted by Crippen LogP contribution is -2.49. The number of carbonyl (C=O) groups excluding carboxylic acids is 1. The van der Waals surface area contributed by atoms with Gasteiger partial charge in [-0.05, 0) is 36.4 Å². The first-order chi connectivity index (χ1) is 16.1. The van der Waals surface area contributed by atoms with Crippen molar-refractivity contribution in [2.75, 3.05) is 33.3 Å². The van der Waals surface area contributed by atoms with E-state index in [1.54, 1.807) is 30.2 Å². The van der Waals surface area contributed by atoms with Crippen LogP contribution in [0.5, 0.6) is 5.75 Å². The fourth-order valence-electron chi connectivity index (χ4n) is 3.86. The molecule has 0 aliphatic carbocycles. The molecule has 5 rings (SSSR count). The standard InChI is InChI=1S/C24H22N4O5/c1-31-18-8-6-16(7-9-18)22-25-21(33-26-22)15-27-10-12-28(13-11-27)23(29)19-14-17-4-2-3-5-20(17)32-24(19)30/h2-9,14H,10-13,15H2,1H3. The van der Waals surface area contributed by atoms with Crippen molar-refractivity contribution in [1.29, 1.82) is 0 Å². The van der Waals surface area contributed by atoms with Crippen molar-refractivity contribution >= 4 is 16.9 Å². The van der Waals surface area contributed by atoms with Crippen LogP contribution < -0.4 is 10.4 Å². The third-order valence-corrected chi connectivity index (χ3v) is 5.71. The second-order valence-electron chi connectivity index (χ2n) is 7.79. The van der Waals surface area contributed by atoms with E-state index in [1.807, 2.05) is 36.4 Å². The number of benzene rings is 2. The van der Waals surface area contributed by atoms with Gasteiger partial charge in [-0.25, -0.2) is 4.79 Å². The zero-order valence-electron chi connectivity index (χ0n) is 18.1. The summed E-state index contributed by atoms with van der Waals surface area (Å²) in [4.78, 5) is 33.5. The monoisotopic (exact) mass is 446 g/mol. The van der Waals surface area contributed by atoms with E-state index in [0.29, 0.717) is 50.0 Å². The molecule has 1 aliphatic rings.